The van der Waals surface area contributed by atoms with Crippen LogP contribution in [0.3, 0.4) is 0 Å². The lowest BCUT2D eigenvalue weighted by Gasteiger charge is -2.20. The molecule has 0 radical (unpaired) electrons. The molecular formula is C24H24N6O3S. The Morgan fingerprint density at radius 1 is 1.06 bits per heavy atom. The number of benzene rings is 1. The van der Waals surface area contributed by atoms with Crippen LogP contribution in [0.2, 0.25) is 0 Å². The molecule has 0 spiro atoms. The Morgan fingerprint density at radius 3 is 2.68 bits per heavy atom. The maximum Gasteiger partial charge on any atom is 0.413 e. The lowest BCUT2D eigenvalue weighted by Crippen LogP contribution is -2.27. The van der Waals surface area contributed by atoms with Gasteiger partial charge in [0.25, 0.3) is 5.91 Å². The van der Waals surface area contributed by atoms with Gasteiger partial charge >= 0.3 is 6.09 Å². The van der Waals surface area contributed by atoms with Crippen LogP contribution in [0.15, 0.2) is 61.1 Å². The van der Waals surface area contributed by atoms with Crippen LogP contribution < -0.4 is 10.6 Å². The minimum Gasteiger partial charge on any atom is -0.444 e. The lowest BCUT2D eigenvalue weighted by atomic mass is 10.0. The van der Waals surface area contributed by atoms with Crippen LogP contribution >= 0.6 is 12.6 Å². The van der Waals surface area contributed by atoms with Crippen LogP contribution in [0.4, 0.5) is 16.3 Å². The molecule has 3 aromatic heterocycles. The molecule has 1 aromatic carbocycles. The average molecular weight is 477 g/mol. The van der Waals surface area contributed by atoms with Crippen molar-refractivity contribution >= 4 is 47.0 Å². The van der Waals surface area contributed by atoms with E-state index < -0.39 is 16.9 Å². The Kier molecular flexibility index (Phi) is 6.51. The number of ether oxygens (including phenoxy) is 1. The minimum atomic E-state index is -0.633. The molecule has 4 rings (SSSR count). The molecule has 0 saturated carbocycles. The molecular weight excluding hydrogens is 452 g/mol. The number of amides is 2. The summed E-state index contributed by atoms with van der Waals surface area (Å²) in [5, 5.41) is 12.8. The third kappa shape index (κ3) is 5.52. The van der Waals surface area contributed by atoms with Crippen LogP contribution in [0.25, 0.3) is 10.9 Å². The first kappa shape index (κ1) is 23.2. The summed E-state index contributed by atoms with van der Waals surface area (Å²) in [6.45, 7) is 5.34. The van der Waals surface area contributed by atoms with Crippen molar-refractivity contribution in [1.29, 1.82) is 0 Å². The van der Waals surface area contributed by atoms with Crippen molar-refractivity contribution in [3.63, 3.8) is 0 Å². The molecule has 9 nitrogen and oxygen atoms in total. The fraction of sp³-hybridized carbons (Fsp3) is 0.208. The Bertz CT molecular complexity index is 1350. The second-order valence-electron chi connectivity index (χ2n) is 8.57. The van der Waals surface area contributed by atoms with Gasteiger partial charge in [-0.25, -0.2) is 9.78 Å². The van der Waals surface area contributed by atoms with Crippen molar-refractivity contribution in [2.75, 3.05) is 10.6 Å². The smallest absolute Gasteiger partial charge is 0.413 e. The Balaban J connectivity index is 1.54. The largest absolute Gasteiger partial charge is 0.444 e. The number of fused-ring (bicyclic) bond motifs is 1. The second-order valence-corrected chi connectivity index (χ2v) is 9.08. The van der Waals surface area contributed by atoms with Crippen LogP contribution in [0.5, 0.6) is 0 Å². The zero-order chi connectivity index (χ0) is 24.3. The van der Waals surface area contributed by atoms with Crippen molar-refractivity contribution in [3.05, 3.63) is 77.9 Å². The van der Waals surface area contributed by atoms with E-state index in [1.807, 2.05) is 12.1 Å². The van der Waals surface area contributed by atoms with E-state index in [4.69, 9.17) is 17.4 Å². The number of carbonyl (C=O) groups is 2. The van der Waals surface area contributed by atoms with Gasteiger partial charge in [0, 0.05) is 23.5 Å². The van der Waals surface area contributed by atoms with Gasteiger partial charge in [0.2, 0.25) is 0 Å². The van der Waals surface area contributed by atoms with Gasteiger partial charge in [0.1, 0.15) is 11.4 Å². The summed E-state index contributed by atoms with van der Waals surface area (Å²) in [7, 11) is 0. The van der Waals surface area contributed by atoms with Crippen LogP contribution in [0, 0.1) is 0 Å². The lowest BCUT2D eigenvalue weighted by molar-refractivity contribution is 0.0635. The number of pyridine rings is 2. The van der Waals surface area contributed by atoms with Crippen molar-refractivity contribution in [1.82, 2.24) is 20.2 Å². The molecule has 1 atom stereocenters. The molecule has 2 amide bonds. The number of nitrogens with zero attached hydrogens (tertiary/aromatic N) is 3. The maximum atomic E-state index is 13.1. The monoisotopic (exact) mass is 476 g/mol. The van der Waals surface area contributed by atoms with E-state index in [9.17, 15) is 9.59 Å². The number of rotatable bonds is 5. The van der Waals surface area contributed by atoms with E-state index in [-0.39, 0.29) is 5.91 Å². The second kappa shape index (κ2) is 9.52. The minimum absolute atomic E-state index is 0.306. The highest BCUT2D eigenvalue weighted by Gasteiger charge is 2.21. The van der Waals surface area contributed by atoms with Crippen molar-refractivity contribution in [2.45, 2.75) is 31.6 Å². The standard InChI is InChI=1S/C24H24N6O3S/c1-24(2,3)33-23(32)29-19-11-14(8-10-25-19)21(34)20-17(5-4-9-26-20)22(31)28-16-7-6-15-13-27-30-18(15)12-16/h4-13,21,34H,1-3H3,(H,27,30)(H,28,31)(H,25,29,32). The summed E-state index contributed by atoms with van der Waals surface area (Å²) in [5.41, 5.74) is 2.37. The summed E-state index contributed by atoms with van der Waals surface area (Å²) in [5.74, 6) is -0.0113. The van der Waals surface area contributed by atoms with E-state index in [0.29, 0.717) is 28.3 Å². The number of hydrogen-bond acceptors (Lipinski definition) is 7. The van der Waals surface area contributed by atoms with E-state index in [2.05, 4.69) is 30.8 Å². The third-order valence-electron chi connectivity index (χ3n) is 4.77. The van der Waals surface area contributed by atoms with Gasteiger partial charge < -0.3 is 10.1 Å². The Hall–Kier alpha value is -3.92. The number of aromatic amines is 1. The highest BCUT2D eigenvalue weighted by Crippen LogP contribution is 2.30. The van der Waals surface area contributed by atoms with Crippen LogP contribution in [-0.4, -0.2) is 37.8 Å². The highest BCUT2D eigenvalue weighted by molar-refractivity contribution is 7.80. The summed E-state index contributed by atoms with van der Waals surface area (Å²) in [6, 6.07) is 12.3. The third-order valence-corrected chi connectivity index (χ3v) is 5.31. The molecule has 10 heteroatoms. The van der Waals surface area contributed by atoms with E-state index in [1.54, 1.807) is 69.7 Å². The number of hydrogen-bond donors (Lipinski definition) is 4. The zero-order valence-corrected chi connectivity index (χ0v) is 19.8. The molecule has 0 aliphatic heterocycles. The quantitative estimate of drug-likeness (QED) is 0.302. The predicted octanol–water partition coefficient (Wildman–Crippen LogP) is 4.97. The SMILES string of the molecule is CC(C)(C)OC(=O)Nc1cc(C(S)c2ncccc2C(=O)Nc2ccc3cn[nH]c3c2)ccn1. The molecule has 0 saturated heterocycles. The van der Waals surface area contributed by atoms with Gasteiger partial charge in [-0.05, 0) is 68.8 Å². The van der Waals surface area contributed by atoms with Crippen molar-refractivity contribution in [3.8, 4) is 0 Å². The molecule has 0 bridgehead atoms. The van der Waals surface area contributed by atoms with Gasteiger partial charge in [0.15, 0.2) is 0 Å². The fourth-order valence-electron chi connectivity index (χ4n) is 3.29. The number of carbonyl (C=O) groups excluding carboxylic acids is 2. The molecule has 0 fully saturated rings. The molecule has 34 heavy (non-hydrogen) atoms. The average Bonchev–Trinajstić information content (AvgIpc) is 3.25. The van der Waals surface area contributed by atoms with E-state index >= 15 is 0 Å². The number of anilines is 2. The molecule has 3 heterocycles. The van der Waals surface area contributed by atoms with Gasteiger partial charge in [0.05, 0.1) is 28.2 Å². The van der Waals surface area contributed by atoms with Crippen LogP contribution in [0.1, 0.15) is 47.6 Å². The number of H-pyrrole nitrogens is 1. The molecule has 0 aliphatic rings. The predicted molar refractivity (Wildman–Crippen MR) is 133 cm³/mol. The number of thiol groups is 1. The Labute approximate surface area is 201 Å². The number of aromatic nitrogens is 4. The maximum absolute atomic E-state index is 13.1. The van der Waals surface area contributed by atoms with Crippen LogP contribution in [-0.2, 0) is 4.74 Å². The van der Waals surface area contributed by atoms with Gasteiger partial charge in [-0.15, -0.1) is 0 Å². The topological polar surface area (TPSA) is 122 Å². The first-order valence-corrected chi connectivity index (χ1v) is 11.0. The van der Waals surface area contributed by atoms with Crippen molar-refractivity contribution in [2.24, 2.45) is 0 Å². The van der Waals surface area contributed by atoms with Crippen molar-refractivity contribution < 1.29 is 14.3 Å². The summed E-state index contributed by atoms with van der Waals surface area (Å²) in [6.07, 6.45) is 4.26. The molecule has 174 valence electrons. The van der Waals surface area contributed by atoms with Gasteiger partial charge in [-0.1, -0.05) is 0 Å². The van der Waals surface area contributed by atoms with Gasteiger partial charge in [-0.2, -0.15) is 17.7 Å². The zero-order valence-electron chi connectivity index (χ0n) is 18.9. The van der Waals surface area contributed by atoms with E-state index in [0.717, 1.165) is 10.9 Å². The molecule has 4 aromatic rings. The number of nitrogens with one attached hydrogen (secondary N) is 3. The Morgan fingerprint density at radius 2 is 1.88 bits per heavy atom. The molecule has 0 aliphatic carbocycles. The first-order chi connectivity index (χ1) is 16.2. The summed E-state index contributed by atoms with van der Waals surface area (Å²) >= 11 is 4.72. The summed E-state index contributed by atoms with van der Waals surface area (Å²) < 4.78 is 5.27. The highest BCUT2D eigenvalue weighted by atomic mass is 32.1. The fourth-order valence-corrected chi connectivity index (χ4v) is 3.66. The first-order valence-electron chi connectivity index (χ1n) is 10.5. The molecule has 3 N–H and O–H groups in total. The molecule has 1 unspecified atom stereocenters. The van der Waals surface area contributed by atoms with Gasteiger partial charge in [-0.3, -0.25) is 20.2 Å². The van der Waals surface area contributed by atoms with E-state index in [1.165, 1.54) is 0 Å². The summed E-state index contributed by atoms with van der Waals surface area (Å²) in [4.78, 5) is 33.8. The normalized spacial score (nSPS) is 12.2.